The maximum Gasteiger partial charge on any atom is 0.306 e. The van der Waals surface area contributed by atoms with Gasteiger partial charge in [0.2, 0.25) is 0 Å². The summed E-state index contributed by atoms with van der Waals surface area (Å²) in [5, 5.41) is 0. The molecule has 0 aromatic heterocycles. The van der Waals surface area contributed by atoms with Crippen molar-refractivity contribution < 1.29 is 28.6 Å². The van der Waals surface area contributed by atoms with E-state index in [0.29, 0.717) is 19.3 Å². The summed E-state index contributed by atoms with van der Waals surface area (Å²) in [4.78, 5) is 38.5. The van der Waals surface area contributed by atoms with Crippen LogP contribution in [0.2, 0.25) is 0 Å². The van der Waals surface area contributed by atoms with Crippen molar-refractivity contribution in [2.75, 3.05) is 13.2 Å². The summed E-state index contributed by atoms with van der Waals surface area (Å²) >= 11 is 0. The highest BCUT2D eigenvalue weighted by Gasteiger charge is 2.19. The Bertz CT molecular complexity index is 1430. The number of carbonyl (C=O) groups is 3. The average molecular weight is 1160 g/mol. The molecule has 486 valence electrons. The van der Waals surface area contributed by atoms with Crippen LogP contribution in [0.5, 0.6) is 0 Å². The molecule has 0 heterocycles. The molecule has 0 saturated carbocycles. The van der Waals surface area contributed by atoms with Gasteiger partial charge in [-0.3, -0.25) is 14.4 Å². The number of carbonyl (C=O) groups excluding carboxylic acids is 3. The van der Waals surface area contributed by atoms with Crippen molar-refractivity contribution in [1.29, 1.82) is 0 Å². The molecule has 1 unspecified atom stereocenters. The molecule has 1 atom stereocenters. The van der Waals surface area contributed by atoms with E-state index in [2.05, 4.69) is 69.4 Å². The van der Waals surface area contributed by atoms with Crippen LogP contribution in [-0.2, 0) is 28.6 Å². The first-order chi connectivity index (χ1) is 41.0. The third-order valence-electron chi connectivity index (χ3n) is 16.8. The van der Waals surface area contributed by atoms with E-state index in [1.54, 1.807) is 0 Å². The molecule has 6 heteroatoms. The Morgan fingerprint density at radius 1 is 0.253 bits per heavy atom. The van der Waals surface area contributed by atoms with Gasteiger partial charge in [-0.25, -0.2) is 0 Å². The molecule has 0 aromatic carbocycles. The lowest BCUT2D eigenvalue weighted by Crippen LogP contribution is -2.30. The highest BCUT2D eigenvalue weighted by Crippen LogP contribution is 2.19. The molecule has 0 radical (unpaired) electrons. The van der Waals surface area contributed by atoms with Crippen LogP contribution >= 0.6 is 0 Å². The van der Waals surface area contributed by atoms with Gasteiger partial charge in [0.25, 0.3) is 0 Å². The van der Waals surface area contributed by atoms with E-state index in [-0.39, 0.29) is 31.1 Å². The summed E-state index contributed by atoms with van der Waals surface area (Å²) in [6, 6.07) is 0. The first-order valence-electron chi connectivity index (χ1n) is 37.1. The summed E-state index contributed by atoms with van der Waals surface area (Å²) in [7, 11) is 0. The Balaban J connectivity index is 4.18. The summed E-state index contributed by atoms with van der Waals surface area (Å²) in [6.45, 7) is 6.58. The number of rotatable bonds is 69. The molecule has 0 aromatic rings. The lowest BCUT2D eigenvalue weighted by atomic mass is 10.0. The Kier molecular flexibility index (Phi) is 69.6. The van der Waals surface area contributed by atoms with E-state index in [1.807, 2.05) is 0 Å². The van der Waals surface area contributed by atoms with Crippen LogP contribution in [0.3, 0.4) is 0 Å². The quantitative estimate of drug-likeness (QED) is 0.0261. The largest absolute Gasteiger partial charge is 0.462 e. The van der Waals surface area contributed by atoms with E-state index in [9.17, 15) is 14.4 Å². The van der Waals surface area contributed by atoms with Crippen LogP contribution in [0.4, 0.5) is 0 Å². The molecule has 0 aliphatic heterocycles. The standard InChI is InChI=1S/C77H142O6/c1-4-7-10-13-16-19-22-25-28-30-32-33-34-35-36-37-38-39-40-41-42-43-45-46-49-52-55-58-61-64-67-70-76(79)82-73-74(72-81-75(78)69-66-63-60-57-54-51-48-27-24-21-18-15-12-9-6-3)83-77(80)71-68-65-62-59-56-53-50-47-44-31-29-26-23-20-17-14-11-8-5-2/h9,12,18,21,26-27,29,48,74H,4-8,10-11,13-17,19-20,22-25,28,30-47,49-73H2,1-3H3/b12-9-,21-18-,29-26-,48-27-. The zero-order chi connectivity index (χ0) is 59.9. The molecule has 0 saturated heterocycles. The zero-order valence-corrected chi connectivity index (χ0v) is 56.0. The Morgan fingerprint density at radius 2 is 0.470 bits per heavy atom. The number of hydrogen-bond acceptors (Lipinski definition) is 6. The van der Waals surface area contributed by atoms with Crippen molar-refractivity contribution in [2.24, 2.45) is 0 Å². The lowest BCUT2D eigenvalue weighted by molar-refractivity contribution is -0.167. The second-order valence-electron chi connectivity index (χ2n) is 25.2. The maximum absolute atomic E-state index is 13.0. The second kappa shape index (κ2) is 71.8. The van der Waals surface area contributed by atoms with Crippen molar-refractivity contribution in [2.45, 2.75) is 412 Å². The number of esters is 3. The van der Waals surface area contributed by atoms with Gasteiger partial charge >= 0.3 is 17.9 Å². The third kappa shape index (κ3) is 70.0. The highest BCUT2D eigenvalue weighted by molar-refractivity contribution is 5.71. The minimum atomic E-state index is -0.782. The minimum Gasteiger partial charge on any atom is -0.462 e. The van der Waals surface area contributed by atoms with Gasteiger partial charge in [-0.2, -0.15) is 0 Å². The predicted molar refractivity (Wildman–Crippen MR) is 362 cm³/mol. The van der Waals surface area contributed by atoms with Crippen LogP contribution in [-0.4, -0.2) is 37.2 Å². The van der Waals surface area contributed by atoms with E-state index in [0.717, 1.165) is 96.3 Å². The van der Waals surface area contributed by atoms with Gasteiger partial charge < -0.3 is 14.2 Å². The smallest absolute Gasteiger partial charge is 0.306 e. The lowest BCUT2D eigenvalue weighted by Gasteiger charge is -2.18. The maximum atomic E-state index is 13.0. The third-order valence-corrected chi connectivity index (χ3v) is 16.8. The van der Waals surface area contributed by atoms with Gasteiger partial charge in [0.15, 0.2) is 6.10 Å². The normalized spacial score (nSPS) is 12.3. The van der Waals surface area contributed by atoms with Crippen molar-refractivity contribution in [3.05, 3.63) is 48.6 Å². The molecule has 0 aliphatic carbocycles. The minimum absolute atomic E-state index is 0.0754. The molecule has 83 heavy (non-hydrogen) atoms. The van der Waals surface area contributed by atoms with E-state index in [1.165, 1.54) is 270 Å². The van der Waals surface area contributed by atoms with Gasteiger partial charge in [-0.15, -0.1) is 0 Å². The molecule has 0 rings (SSSR count). The average Bonchev–Trinajstić information content (AvgIpc) is 3.50. The summed E-state index contributed by atoms with van der Waals surface area (Å²) in [5.74, 6) is -0.868. The first kappa shape index (κ1) is 80.4. The first-order valence-corrected chi connectivity index (χ1v) is 37.1. The van der Waals surface area contributed by atoms with E-state index >= 15 is 0 Å². The topological polar surface area (TPSA) is 78.9 Å². The van der Waals surface area contributed by atoms with Crippen LogP contribution in [0.15, 0.2) is 48.6 Å². The predicted octanol–water partition coefficient (Wildman–Crippen LogP) is 25.7. The SMILES string of the molecule is CC/C=C\C/C=C\C/C=C\CCCCCCCC(=O)OCC(COC(=O)CCCCCCCCCCCCCCCCCCCCCCCCCCCCCCCCC)OC(=O)CCCCCCCCCCC/C=C\CCCCCCCC. The Labute approximate surface area is 518 Å². The molecule has 0 bridgehead atoms. The van der Waals surface area contributed by atoms with Crippen molar-refractivity contribution in [3.8, 4) is 0 Å². The Morgan fingerprint density at radius 3 is 0.747 bits per heavy atom. The monoisotopic (exact) mass is 1160 g/mol. The van der Waals surface area contributed by atoms with Crippen molar-refractivity contribution >= 4 is 17.9 Å². The molecule has 0 N–H and O–H groups in total. The van der Waals surface area contributed by atoms with Crippen molar-refractivity contribution in [3.63, 3.8) is 0 Å². The Hall–Kier alpha value is -2.63. The van der Waals surface area contributed by atoms with Gasteiger partial charge in [-0.1, -0.05) is 358 Å². The molecule has 0 fully saturated rings. The summed E-state index contributed by atoms with van der Waals surface area (Å²) < 4.78 is 17.0. The molecule has 0 amide bonds. The van der Waals surface area contributed by atoms with Crippen LogP contribution in [0, 0.1) is 0 Å². The zero-order valence-electron chi connectivity index (χ0n) is 56.0. The summed E-state index contributed by atoms with van der Waals surface area (Å²) in [6.07, 6.45) is 91.7. The summed E-state index contributed by atoms with van der Waals surface area (Å²) in [5.41, 5.74) is 0. The number of allylic oxidation sites excluding steroid dienone is 8. The molecular weight excluding hydrogens is 1020 g/mol. The number of unbranched alkanes of at least 4 members (excludes halogenated alkanes) is 50. The molecule has 0 spiro atoms. The number of hydrogen-bond donors (Lipinski definition) is 0. The molecule has 0 aliphatic rings. The van der Waals surface area contributed by atoms with Gasteiger partial charge in [0.05, 0.1) is 0 Å². The van der Waals surface area contributed by atoms with E-state index in [4.69, 9.17) is 14.2 Å². The number of ether oxygens (including phenoxy) is 3. The fraction of sp³-hybridized carbons (Fsp3) is 0.857. The van der Waals surface area contributed by atoms with Gasteiger partial charge in [-0.05, 0) is 77.0 Å². The highest BCUT2D eigenvalue weighted by atomic mass is 16.6. The molecular formula is C77H142O6. The fourth-order valence-corrected chi connectivity index (χ4v) is 11.3. The van der Waals surface area contributed by atoms with Gasteiger partial charge in [0, 0.05) is 19.3 Å². The van der Waals surface area contributed by atoms with Crippen LogP contribution < -0.4 is 0 Å². The second-order valence-corrected chi connectivity index (χ2v) is 25.2. The fourth-order valence-electron chi connectivity index (χ4n) is 11.3. The van der Waals surface area contributed by atoms with Crippen LogP contribution in [0.1, 0.15) is 406 Å². The molecule has 6 nitrogen and oxygen atoms in total. The van der Waals surface area contributed by atoms with E-state index < -0.39 is 6.10 Å². The van der Waals surface area contributed by atoms with Crippen molar-refractivity contribution in [1.82, 2.24) is 0 Å². The van der Waals surface area contributed by atoms with Gasteiger partial charge in [0.1, 0.15) is 13.2 Å². The van der Waals surface area contributed by atoms with Crippen LogP contribution in [0.25, 0.3) is 0 Å².